The van der Waals surface area contributed by atoms with Gasteiger partial charge in [-0.1, -0.05) is 0 Å². The van der Waals surface area contributed by atoms with Gasteiger partial charge in [-0.15, -0.1) is 11.3 Å². The number of carbonyl (C=O) groups excluding carboxylic acids is 1. The molecule has 1 fully saturated rings. The highest BCUT2D eigenvalue weighted by molar-refractivity contribution is 7.09. The largest absolute Gasteiger partial charge is 0.444 e. The summed E-state index contributed by atoms with van der Waals surface area (Å²) in [5.41, 5.74) is 3.49. The van der Waals surface area contributed by atoms with E-state index in [1.807, 2.05) is 27.7 Å². The maximum absolute atomic E-state index is 12.1. The molecule has 3 N–H and O–H groups in total. The molecule has 22 heavy (non-hydrogen) atoms. The number of thiazole rings is 1. The SMILES string of the molecule is Cc1nc(CC(NN)C2CCN(C(=O)OC(C)(C)C)C2)cs1. The molecule has 0 saturated carbocycles. The third kappa shape index (κ3) is 4.66. The maximum atomic E-state index is 12.1. The molecule has 1 aliphatic rings. The van der Waals surface area contributed by atoms with E-state index in [2.05, 4.69) is 15.8 Å². The number of nitrogens with zero attached hydrogens (tertiary/aromatic N) is 2. The molecule has 0 spiro atoms. The normalized spacial score (nSPS) is 20.2. The number of ether oxygens (including phenoxy) is 1. The van der Waals surface area contributed by atoms with Gasteiger partial charge in [0.25, 0.3) is 0 Å². The molecule has 0 radical (unpaired) electrons. The van der Waals surface area contributed by atoms with Crippen molar-refractivity contribution >= 4 is 17.4 Å². The van der Waals surface area contributed by atoms with E-state index in [0.717, 1.165) is 23.5 Å². The number of likely N-dealkylation sites (tertiary alicyclic amines) is 1. The minimum absolute atomic E-state index is 0.119. The number of carbonyl (C=O) groups is 1. The second-order valence-corrected chi connectivity index (χ2v) is 7.87. The lowest BCUT2D eigenvalue weighted by molar-refractivity contribution is 0.0285. The highest BCUT2D eigenvalue weighted by Crippen LogP contribution is 2.24. The molecule has 2 atom stereocenters. The van der Waals surface area contributed by atoms with Crippen molar-refractivity contribution in [3.05, 3.63) is 16.1 Å². The average molecular weight is 326 g/mol. The average Bonchev–Trinajstić information content (AvgIpc) is 3.03. The molecule has 6 nitrogen and oxygen atoms in total. The smallest absolute Gasteiger partial charge is 0.410 e. The summed E-state index contributed by atoms with van der Waals surface area (Å²) >= 11 is 1.65. The third-order valence-corrected chi connectivity index (χ3v) is 4.58. The summed E-state index contributed by atoms with van der Waals surface area (Å²) < 4.78 is 5.43. The summed E-state index contributed by atoms with van der Waals surface area (Å²) in [5, 5.41) is 3.13. The number of amides is 1. The minimum atomic E-state index is -0.460. The van der Waals surface area contributed by atoms with E-state index in [4.69, 9.17) is 10.6 Å². The first-order valence-corrected chi connectivity index (χ1v) is 8.51. The zero-order valence-corrected chi connectivity index (χ0v) is 14.6. The lowest BCUT2D eigenvalue weighted by Gasteiger charge is -2.25. The first kappa shape index (κ1) is 17.2. The van der Waals surface area contributed by atoms with Crippen molar-refractivity contribution in [1.29, 1.82) is 0 Å². The van der Waals surface area contributed by atoms with Gasteiger partial charge in [0.15, 0.2) is 0 Å². The lowest BCUT2D eigenvalue weighted by Crippen LogP contribution is -2.44. The van der Waals surface area contributed by atoms with E-state index in [-0.39, 0.29) is 12.1 Å². The van der Waals surface area contributed by atoms with Crippen LogP contribution < -0.4 is 11.3 Å². The lowest BCUT2D eigenvalue weighted by atomic mass is 9.96. The molecule has 2 unspecified atom stereocenters. The Morgan fingerprint density at radius 2 is 2.36 bits per heavy atom. The fourth-order valence-corrected chi connectivity index (χ4v) is 3.32. The highest BCUT2D eigenvalue weighted by Gasteiger charge is 2.33. The Labute approximate surface area is 136 Å². The molecule has 0 bridgehead atoms. The summed E-state index contributed by atoms with van der Waals surface area (Å²) in [6, 6.07) is 0.119. The number of rotatable bonds is 4. The van der Waals surface area contributed by atoms with Gasteiger partial charge in [-0.05, 0) is 40.0 Å². The van der Waals surface area contributed by atoms with Crippen molar-refractivity contribution < 1.29 is 9.53 Å². The number of aryl methyl sites for hydroxylation is 1. The molecular formula is C15H26N4O2S. The van der Waals surface area contributed by atoms with Crippen LogP contribution in [0.25, 0.3) is 0 Å². The van der Waals surface area contributed by atoms with Crippen LogP contribution in [0.3, 0.4) is 0 Å². The van der Waals surface area contributed by atoms with E-state index in [9.17, 15) is 4.79 Å². The summed E-state index contributed by atoms with van der Waals surface area (Å²) in [4.78, 5) is 18.4. The van der Waals surface area contributed by atoms with Crippen LogP contribution in [0, 0.1) is 12.8 Å². The van der Waals surface area contributed by atoms with Gasteiger partial charge in [-0.3, -0.25) is 11.3 Å². The standard InChI is InChI=1S/C15H26N4O2S/c1-10-17-12(9-22-10)7-13(18-16)11-5-6-19(8-11)14(20)21-15(2,3)4/h9,11,13,18H,5-8,16H2,1-4H3. The van der Waals surface area contributed by atoms with E-state index in [0.29, 0.717) is 19.0 Å². The van der Waals surface area contributed by atoms with Crippen molar-refractivity contribution in [2.24, 2.45) is 11.8 Å². The second-order valence-electron chi connectivity index (χ2n) is 6.81. The number of nitrogens with two attached hydrogens (primary N) is 1. The summed E-state index contributed by atoms with van der Waals surface area (Å²) in [7, 11) is 0. The molecule has 2 rings (SSSR count). The Kier molecular flexibility index (Phi) is 5.41. The van der Waals surface area contributed by atoms with Crippen LogP contribution in [0.4, 0.5) is 4.79 Å². The predicted octanol–water partition coefficient (Wildman–Crippen LogP) is 2.08. The van der Waals surface area contributed by atoms with Crippen LogP contribution in [0.1, 0.15) is 37.9 Å². The first-order valence-electron chi connectivity index (χ1n) is 7.63. The Morgan fingerprint density at radius 1 is 1.64 bits per heavy atom. The van der Waals surface area contributed by atoms with Gasteiger partial charge >= 0.3 is 6.09 Å². The van der Waals surface area contributed by atoms with Crippen LogP contribution >= 0.6 is 11.3 Å². The first-order chi connectivity index (χ1) is 10.3. The Hall–Kier alpha value is -1.18. The molecule has 0 aromatic carbocycles. The van der Waals surface area contributed by atoms with Crippen molar-refractivity contribution in [1.82, 2.24) is 15.3 Å². The molecular weight excluding hydrogens is 300 g/mol. The van der Waals surface area contributed by atoms with E-state index >= 15 is 0 Å². The molecule has 1 aromatic heterocycles. The number of hydrazine groups is 1. The molecule has 1 saturated heterocycles. The van der Waals surface area contributed by atoms with Gasteiger partial charge in [0.05, 0.1) is 10.7 Å². The van der Waals surface area contributed by atoms with E-state index < -0.39 is 5.60 Å². The molecule has 2 heterocycles. The van der Waals surface area contributed by atoms with Gasteiger partial charge in [0.2, 0.25) is 0 Å². The summed E-state index contributed by atoms with van der Waals surface area (Å²) in [6.07, 6.45) is 1.47. The van der Waals surface area contributed by atoms with Crippen LogP contribution in [0.5, 0.6) is 0 Å². The van der Waals surface area contributed by atoms with Crippen LogP contribution in [0.15, 0.2) is 5.38 Å². The molecule has 1 aliphatic heterocycles. The van der Waals surface area contributed by atoms with Crippen LogP contribution in [0.2, 0.25) is 0 Å². The molecule has 1 aromatic rings. The van der Waals surface area contributed by atoms with E-state index in [1.54, 1.807) is 16.2 Å². The van der Waals surface area contributed by atoms with Crippen molar-refractivity contribution in [3.63, 3.8) is 0 Å². The molecule has 7 heteroatoms. The van der Waals surface area contributed by atoms with Gasteiger partial charge in [0.1, 0.15) is 5.60 Å². The monoisotopic (exact) mass is 326 g/mol. The van der Waals surface area contributed by atoms with Crippen molar-refractivity contribution in [2.45, 2.75) is 52.2 Å². The zero-order chi connectivity index (χ0) is 16.3. The topological polar surface area (TPSA) is 80.5 Å². The number of nitrogens with one attached hydrogen (secondary N) is 1. The number of hydrogen-bond acceptors (Lipinski definition) is 6. The summed E-state index contributed by atoms with van der Waals surface area (Å²) in [6.45, 7) is 9.04. The quantitative estimate of drug-likeness (QED) is 0.654. The van der Waals surface area contributed by atoms with Crippen molar-refractivity contribution in [3.8, 4) is 0 Å². The van der Waals surface area contributed by atoms with Crippen molar-refractivity contribution in [2.75, 3.05) is 13.1 Å². The van der Waals surface area contributed by atoms with Gasteiger partial charge in [0, 0.05) is 30.9 Å². The van der Waals surface area contributed by atoms with Gasteiger partial charge in [-0.2, -0.15) is 0 Å². The van der Waals surface area contributed by atoms with Gasteiger partial charge < -0.3 is 9.64 Å². The maximum Gasteiger partial charge on any atom is 0.410 e. The third-order valence-electron chi connectivity index (χ3n) is 3.76. The van der Waals surface area contributed by atoms with Gasteiger partial charge in [-0.25, -0.2) is 9.78 Å². The van der Waals surface area contributed by atoms with E-state index in [1.165, 1.54) is 0 Å². The fourth-order valence-electron chi connectivity index (χ4n) is 2.70. The predicted molar refractivity (Wildman–Crippen MR) is 87.6 cm³/mol. The highest BCUT2D eigenvalue weighted by atomic mass is 32.1. The fraction of sp³-hybridized carbons (Fsp3) is 0.733. The molecule has 124 valence electrons. The second kappa shape index (κ2) is 6.93. The Morgan fingerprint density at radius 3 is 2.91 bits per heavy atom. The molecule has 0 aliphatic carbocycles. The van der Waals surface area contributed by atoms with Crippen LogP contribution in [-0.2, 0) is 11.2 Å². The molecule has 1 amide bonds. The Balaban J connectivity index is 1.91. The van der Waals surface area contributed by atoms with Crippen LogP contribution in [-0.4, -0.2) is 40.7 Å². The summed E-state index contributed by atoms with van der Waals surface area (Å²) in [5.74, 6) is 6.04. The zero-order valence-electron chi connectivity index (χ0n) is 13.8. The number of hydrogen-bond donors (Lipinski definition) is 2. The number of aromatic nitrogens is 1. The Bertz CT molecular complexity index is 512. The minimum Gasteiger partial charge on any atom is -0.444 e.